The first-order chi connectivity index (χ1) is 12.8. The van der Waals surface area contributed by atoms with Crippen molar-refractivity contribution in [2.75, 3.05) is 39.8 Å². The van der Waals surface area contributed by atoms with E-state index in [-0.39, 0.29) is 24.0 Å². The summed E-state index contributed by atoms with van der Waals surface area (Å²) < 4.78 is 0. The Morgan fingerprint density at radius 2 is 1.93 bits per heavy atom. The third kappa shape index (κ3) is 6.68. The molecule has 5 nitrogen and oxygen atoms in total. The third-order valence-electron chi connectivity index (χ3n) is 5.23. The van der Waals surface area contributed by atoms with Crippen LogP contribution in [0.3, 0.4) is 0 Å². The predicted octanol–water partition coefficient (Wildman–Crippen LogP) is 3.68. The molecule has 0 spiro atoms. The lowest BCUT2D eigenvalue weighted by Gasteiger charge is -2.15. The minimum Gasteiger partial charge on any atom is -0.361 e. The number of guanidine groups is 1. The molecule has 27 heavy (non-hydrogen) atoms. The fraction of sp³-hybridized carbons (Fsp3) is 0.571. The number of rotatable bonds is 8. The van der Waals surface area contributed by atoms with Gasteiger partial charge < -0.3 is 20.5 Å². The smallest absolute Gasteiger partial charge is 0.190 e. The minimum absolute atomic E-state index is 0. The van der Waals surface area contributed by atoms with Crippen LogP contribution in [0.1, 0.15) is 36.8 Å². The van der Waals surface area contributed by atoms with Gasteiger partial charge in [-0.1, -0.05) is 12.1 Å². The molecule has 1 aromatic heterocycles. The van der Waals surface area contributed by atoms with Crippen LogP contribution in [0.25, 0.3) is 10.9 Å². The number of benzene rings is 1. The Bertz CT molecular complexity index is 718. The van der Waals surface area contributed by atoms with E-state index in [0.29, 0.717) is 0 Å². The molecule has 0 aliphatic carbocycles. The Hall–Kier alpha value is -1.28. The van der Waals surface area contributed by atoms with Crippen LogP contribution in [-0.4, -0.2) is 55.6 Å². The summed E-state index contributed by atoms with van der Waals surface area (Å²) in [6.07, 6.45) is 8.33. The van der Waals surface area contributed by atoms with Crippen molar-refractivity contribution in [2.24, 2.45) is 4.99 Å². The normalized spacial score (nSPS) is 15.1. The Morgan fingerprint density at radius 1 is 1.15 bits per heavy atom. The van der Waals surface area contributed by atoms with Gasteiger partial charge in [0.2, 0.25) is 0 Å². The predicted molar refractivity (Wildman–Crippen MR) is 126 cm³/mol. The highest BCUT2D eigenvalue weighted by molar-refractivity contribution is 14.0. The molecule has 1 aromatic carbocycles. The van der Waals surface area contributed by atoms with E-state index in [1.54, 1.807) is 0 Å². The number of aliphatic imine (C=N–C) groups is 1. The topological polar surface area (TPSA) is 55.5 Å². The molecule has 3 rings (SSSR count). The maximum absolute atomic E-state index is 4.33. The van der Waals surface area contributed by atoms with Crippen molar-refractivity contribution in [1.29, 1.82) is 0 Å². The highest BCUT2D eigenvalue weighted by Crippen LogP contribution is 2.19. The molecule has 0 atom stereocenters. The van der Waals surface area contributed by atoms with Crippen LogP contribution in [0.5, 0.6) is 0 Å². The number of aromatic amines is 1. The number of fused-ring (bicyclic) bond motifs is 1. The lowest BCUT2D eigenvalue weighted by atomic mass is 10.1. The maximum Gasteiger partial charge on any atom is 0.190 e. The number of hydrogen-bond donors (Lipinski definition) is 3. The molecule has 3 N–H and O–H groups in total. The van der Waals surface area contributed by atoms with Crippen molar-refractivity contribution < 1.29 is 0 Å². The average molecular weight is 483 g/mol. The average Bonchev–Trinajstić information content (AvgIpc) is 3.29. The van der Waals surface area contributed by atoms with Gasteiger partial charge in [0.05, 0.1) is 0 Å². The highest BCUT2D eigenvalue weighted by Gasteiger charge is 2.10. The number of halogens is 1. The van der Waals surface area contributed by atoms with Crippen LogP contribution in [0.15, 0.2) is 29.4 Å². The zero-order chi connectivity index (χ0) is 18.2. The van der Waals surface area contributed by atoms with E-state index < -0.39 is 0 Å². The van der Waals surface area contributed by atoms with E-state index in [0.717, 1.165) is 25.5 Å². The molecular formula is C21H34IN5. The van der Waals surface area contributed by atoms with Gasteiger partial charge in [0.15, 0.2) is 5.96 Å². The third-order valence-corrected chi connectivity index (χ3v) is 5.23. The second-order valence-corrected chi connectivity index (χ2v) is 7.29. The van der Waals surface area contributed by atoms with Gasteiger partial charge in [0.25, 0.3) is 0 Å². The van der Waals surface area contributed by atoms with Gasteiger partial charge >= 0.3 is 0 Å². The summed E-state index contributed by atoms with van der Waals surface area (Å²) in [6, 6.07) is 6.59. The first-order valence-corrected chi connectivity index (χ1v) is 10.00. The Balaban J connectivity index is 0.00000261. The summed E-state index contributed by atoms with van der Waals surface area (Å²) in [7, 11) is 1.84. The van der Waals surface area contributed by atoms with Crippen molar-refractivity contribution >= 4 is 40.8 Å². The molecule has 6 heteroatoms. The van der Waals surface area contributed by atoms with E-state index in [9.17, 15) is 0 Å². The second-order valence-electron chi connectivity index (χ2n) is 7.29. The van der Waals surface area contributed by atoms with E-state index in [1.165, 1.54) is 67.3 Å². The summed E-state index contributed by atoms with van der Waals surface area (Å²) in [5.41, 5.74) is 3.87. The monoisotopic (exact) mass is 483 g/mol. The van der Waals surface area contributed by atoms with Crippen LogP contribution < -0.4 is 10.6 Å². The SMILES string of the molecule is CN=C(NCCCCN1CCCC1)NCCc1c[nH]c2cc(C)ccc12.I. The van der Waals surface area contributed by atoms with Gasteiger partial charge in [-0.3, -0.25) is 4.99 Å². The van der Waals surface area contributed by atoms with Crippen LogP contribution >= 0.6 is 24.0 Å². The number of aromatic nitrogens is 1. The summed E-state index contributed by atoms with van der Waals surface area (Å²) >= 11 is 0. The standard InChI is InChI=1S/C21H33N5.HI/c1-17-7-8-19-18(16-25-20(19)15-17)9-11-24-21(22-2)23-10-3-4-12-26-13-5-6-14-26;/h7-8,15-16,25H,3-6,9-14H2,1-2H3,(H2,22,23,24);1H. The highest BCUT2D eigenvalue weighted by atomic mass is 127. The molecule has 150 valence electrons. The Labute approximate surface area is 180 Å². The molecule has 2 aromatic rings. The number of H-pyrrole nitrogens is 1. The molecular weight excluding hydrogens is 449 g/mol. The van der Waals surface area contributed by atoms with Gasteiger partial charge in [-0.25, -0.2) is 0 Å². The largest absolute Gasteiger partial charge is 0.361 e. The lowest BCUT2D eigenvalue weighted by molar-refractivity contribution is 0.330. The minimum atomic E-state index is 0. The molecule has 0 radical (unpaired) electrons. The quantitative estimate of drug-likeness (QED) is 0.233. The molecule has 2 heterocycles. The number of likely N-dealkylation sites (tertiary alicyclic amines) is 1. The first-order valence-electron chi connectivity index (χ1n) is 10.00. The Kier molecular flexibility index (Phi) is 9.41. The number of aryl methyl sites for hydroxylation is 1. The van der Waals surface area contributed by atoms with Crippen molar-refractivity contribution in [3.05, 3.63) is 35.5 Å². The van der Waals surface area contributed by atoms with Gasteiger partial charge in [-0.05, 0) is 75.9 Å². The molecule has 1 aliphatic heterocycles. The molecule has 1 fully saturated rings. The van der Waals surface area contributed by atoms with Crippen LogP contribution in [0.2, 0.25) is 0 Å². The van der Waals surface area contributed by atoms with Gasteiger partial charge in [0.1, 0.15) is 0 Å². The van der Waals surface area contributed by atoms with E-state index in [1.807, 2.05) is 7.05 Å². The van der Waals surface area contributed by atoms with Crippen LogP contribution in [0.4, 0.5) is 0 Å². The summed E-state index contributed by atoms with van der Waals surface area (Å²) in [4.78, 5) is 10.3. The first kappa shape index (κ1) is 22.0. The summed E-state index contributed by atoms with van der Waals surface area (Å²) in [5.74, 6) is 0.904. The van der Waals surface area contributed by atoms with Crippen LogP contribution in [-0.2, 0) is 6.42 Å². The van der Waals surface area contributed by atoms with Crippen LogP contribution in [0, 0.1) is 6.92 Å². The van der Waals surface area contributed by atoms with Gasteiger partial charge in [-0.2, -0.15) is 0 Å². The Morgan fingerprint density at radius 3 is 2.70 bits per heavy atom. The van der Waals surface area contributed by atoms with E-state index in [4.69, 9.17) is 0 Å². The van der Waals surface area contributed by atoms with E-state index in [2.05, 4.69) is 56.8 Å². The zero-order valence-electron chi connectivity index (χ0n) is 16.7. The molecule has 0 amide bonds. The van der Waals surface area contributed by atoms with Crippen molar-refractivity contribution in [3.63, 3.8) is 0 Å². The lowest BCUT2D eigenvalue weighted by Crippen LogP contribution is -2.38. The number of unbranched alkanes of at least 4 members (excludes halogenated alkanes) is 1. The second kappa shape index (κ2) is 11.5. The molecule has 0 saturated carbocycles. The molecule has 0 unspecified atom stereocenters. The van der Waals surface area contributed by atoms with Gasteiger partial charge in [0, 0.05) is 37.2 Å². The molecule has 0 bridgehead atoms. The fourth-order valence-electron chi connectivity index (χ4n) is 3.72. The molecule has 1 saturated heterocycles. The summed E-state index contributed by atoms with van der Waals surface area (Å²) in [6.45, 7) is 7.83. The number of nitrogens with one attached hydrogen (secondary N) is 3. The fourth-order valence-corrected chi connectivity index (χ4v) is 3.72. The van der Waals surface area contributed by atoms with E-state index >= 15 is 0 Å². The number of nitrogens with zero attached hydrogens (tertiary/aromatic N) is 2. The molecule has 1 aliphatic rings. The zero-order valence-corrected chi connectivity index (χ0v) is 19.0. The maximum atomic E-state index is 4.33. The van der Waals surface area contributed by atoms with Crippen molar-refractivity contribution in [1.82, 2.24) is 20.5 Å². The van der Waals surface area contributed by atoms with Gasteiger partial charge in [-0.15, -0.1) is 24.0 Å². The summed E-state index contributed by atoms with van der Waals surface area (Å²) in [5, 5.41) is 8.18. The van der Waals surface area contributed by atoms with Crippen molar-refractivity contribution in [3.8, 4) is 0 Å². The number of hydrogen-bond acceptors (Lipinski definition) is 2. The van der Waals surface area contributed by atoms with Crippen molar-refractivity contribution in [2.45, 2.75) is 39.0 Å².